The van der Waals surface area contributed by atoms with Gasteiger partial charge in [-0.05, 0) is 18.2 Å². The molecule has 1 amide bonds. The van der Waals surface area contributed by atoms with Crippen LogP contribution in [-0.4, -0.2) is 32.7 Å². The van der Waals surface area contributed by atoms with Gasteiger partial charge in [-0.1, -0.05) is 24.3 Å². The molecule has 0 radical (unpaired) electrons. The number of amides is 1. The van der Waals surface area contributed by atoms with Gasteiger partial charge in [-0.3, -0.25) is 9.69 Å². The molecule has 6 nitrogen and oxygen atoms in total. The molecule has 4 rings (SSSR count). The Bertz CT molecular complexity index is 935. The molecule has 0 spiro atoms. The lowest BCUT2D eigenvalue weighted by atomic mass is 9.83. The summed E-state index contributed by atoms with van der Waals surface area (Å²) >= 11 is 0. The minimum atomic E-state index is -0.414. The number of carbonyl (C=O) groups is 2. The van der Waals surface area contributed by atoms with Crippen LogP contribution in [0.15, 0.2) is 59.8 Å². The van der Waals surface area contributed by atoms with Crippen molar-refractivity contribution in [3.8, 4) is 11.5 Å². The molecule has 0 unspecified atom stereocenters. The fourth-order valence-corrected chi connectivity index (χ4v) is 3.70. The van der Waals surface area contributed by atoms with Gasteiger partial charge in [-0.15, -0.1) is 0 Å². The number of cyclic esters (lactones) is 1. The van der Waals surface area contributed by atoms with Crippen molar-refractivity contribution in [2.45, 2.75) is 12.3 Å². The first kappa shape index (κ1) is 17.1. The number of carbonyl (C=O) groups excluding carboxylic acids is 2. The van der Waals surface area contributed by atoms with Gasteiger partial charge in [0.15, 0.2) is 0 Å². The second kappa shape index (κ2) is 6.79. The zero-order valence-electron chi connectivity index (χ0n) is 15.1. The zero-order chi connectivity index (χ0) is 19.0. The number of para-hydroxylation sites is 1. The first-order valence-electron chi connectivity index (χ1n) is 8.64. The maximum Gasteiger partial charge on any atom is 0.336 e. The van der Waals surface area contributed by atoms with Crippen LogP contribution in [-0.2, 0) is 14.3 Å². The summed E-state index contributed by atoms with van der Waals surface area (Å²) in [5, 5.41) is 0. The first-order chi connectivity index (χ1) is 13.1. The smallest absolute Gasteiger partial charge is 0.336 e. The Labute approximate surface area is 156 Å². The Morgan fingerprint density at radius 3 is 2.52 bits per heavy atom. The summed E-state index contributed by atoms with van der Waals surface area (Å²) in [6.45, 7) is 0.0871. The van der Waals surface area contributed by atoms with Crippen LogP contribution in [0.4, 0.5) is 5.69 Å². The van der Waals surface area contributed by atoms with Gasteiger partial charge in [0.05, 0.1) is 25.5 Å². The van der Waals surface area contributed by atoms with E-state index in [0.717, 1.165) is 11.3 Å². The van der Waals surface area contributed by atoms with Crippen molar-refractivity contribution in [3.05, 3.63) is 65.4 Å². The molecule has 1 atom stereocenters. The third-order valence-corrected chi connectivity index (χ3v) is 4.95. The molecule has 2 heterocycles. The summed E-state index contributed by atoms with van der Waals surface area (Å²) in [6, 6.07) is 14.7. The van der Waals surface area contributed by atoms with E-state index in [1.807, 2.05) is 36.4 Å². The maximum absolute atomic E-state index is 13.0. The SMILES string of the molecule is COc1ccc([C@@H]2CC(=O)N(c3ccccc3)C3=C2C(=O)OC3)c(OC)c1. The molecule has 27 heavy (non-hydrogen) atoms. The quantitative estimate of drug-likeness (QED) is 0.779. The van der Waals surface area contributed by atoms with Crippen molar-refractivity contribution in [1.82, 2.24) is 0 Å². The second-order valence-corrected chi connectivity index (χ2v) is 6.37. The number of hydrogen-bond donors (Lipinski definition) is 0. The van der Waals surface area contributed by atoms with Gasteiger partial charge in [0.2, 0.25) is 5.91 Å². The van der Waals surface area contributed by atoms with Crippen LogP contribution in [0, 0.1) is 0 Å². The highest BCUT2D eigenvalue weighted by atomic mass is 16.5. The Morgan fingerprint density at radius 2 is 1.81 bits per heavy atom. The highest BCUT2D eigenvalue weighted by Crippen LogP contribution is 2.44. The van der Waals surface area contributed by atoms with Crippen molar-refractivity contribution in [1.29, 1.82) is 0 Å². The monoisotopic (exact) mass is 365 g/mol. The van der Waals surface area contributed by atoms with Crippen molar-refractivity contribution in [2.24, 2.45) is 0 Å². The van der Waals surface area contributed by atoms with E-state index in [0.29, 0.717) is 22.8 Å². The molecule has 0 saturated carbocycles. The highest BCUT2D eigenvalue weighted by molar-refractivity contribution is 6.06. The van der Waals surface area contributed by atoms with Crippen LogP contribution in [0.5, 0.6) is 11.5 Å². The summed E-state index contributed by atoms with van der Waals surface area (Å²) in [5.74, 6) is 0.337. The number of hydrogen-bond acceptors (Lipinski definition) is 5. The molecule has 2 aromatic rings. The number of ether oxygens (including phenoxy) is 3. The number of anilines is 1. The van der Waals surface area contributed by atoms with Crippen LogP contribution in [0.25, 0.3) is 0 Å². The fourth-order valence-electron chi connectivity index (χ4n) is 3.70. The summed E-state index contributed by atoms with van der Waals surface area (Å²) in [5.41, 5.74) is 2.62. The number of methoxy groups -OCH3 is 2. The predicted octanol–water partition coefficient (Wildman–Crippen LogP) is 3.04. The number of esters is 1. The van der Waals surface area contributed by atoms with E-state index < -0.39 is 5.92 Å². The molecule has 138 valence electrons. The van der Waals surface area contributed by atoms with Gasteiger partial charge >= 0.3 is 5.97 Å². The Balaban J connectivity index is 1.84. The van der Waals surface area contributed by atoms with Crippen molar-refractivity contribution >= 4 is 17.6 Å². The molecule has 2 aromatic carbocycles. The van der Waals surface area contributed by atoms with Gasteiger partial charge in [0.1, 0.15) is 18.1 Å². The summed E-state index contributed by atoms with van der Waals surface area (Å²) in [4.78, 5) is 27.1. The molecule has 2 aliphatic rings. The lowest BCUT2D eigenvalue weighted by Gasteiger charge is -2.32. The van der Waals surface area contributed by atoms with E-state index >= 15 is 0 Å². The summed E-state index contributed by atoms with van der Waals surface area (Å²) < 4.78 is 16.0. The van der Waals surface area contributed by atoms with Gasteiger partial charge in [-0.25, -0.2) is 4.79 Å². The average molecular weight is 365 g/mol. The Kier molecular flexibility index (Phi) is 4.32. The van der Waals surface area contributed by atoms with Crippen LogP contribution in [0.2, 0.25) is 0 Å². The summed E-state index contributed by atoms with van der Waals surface area (Å²) in [6.07, 6.45) is 0.158. The standard InChI is InChI=1S/C21H19NO5/c1-25-14-8-9-15(18(10-14)26-2)16-11-19(23)22(13-6-4-3-5-7-13)17-12-27-21(24)20(16)17/h3-10,16H,11-12H2,1-2H3/t16-/m0/s1. The third-order valence-electron chi connectivity index (χ3n) is 4.95. The second-order valence-electron chi connectivity index (χ2n) is 6.37. The van der Waals surface area contributed by atoms with E-state index in [1.165, 1.54) is 0 Å². The minimum absolute atomic E-state index is 0.0823. The molecule has 0 aliphatic carbocycles. The van der Waals surface area contributed by atoms with E-state index in [4.69, 9.17) is 14.2 Å². The number of rotatable bonds is 4. The predicted molar refractivity (Wildman–Crippen MR) is 98.8 cm³/mol. The average Bonchev–Trinajstić information content (AvgIpc) is 3.09. The van der Waals surface area contributed by atoms with Crippen LogP contribution < -0.4 is 14.4 Å². The Hall–Kier alpha value is -3.28. The molecule has 0 fully saturated rings. The molecule has 0 bridgehead atoms. The molecular formula is C21H19NO5. The number of nitrogens with zero attached hydrogens (tertiary/aromatic N) is 1. The molecular weight excluding hydrogens is 346 g/mol. The van der Waals surface area contributed by atoms with Crippen LogP contribution in [0.3, 0.4) is 0 Å². The van der Waals surface area contributed by atoms with E-state index in [-0.39, 0.29) is 24.9 Å². The van der Waals surface area contributed by atoms with E-state index in [1.54, 1.807) is 31.3 Å². The van der Waals surface area contributed by atoms with Crippen LogP contribution in [0.1, 0.15) is 17.9 Å². The molecule has 6 heteroatoms. The first-order valence-corrected chi connectivity index (χ1v) is 8.64. The van der Waals surface area contributed by atoms with E-state index in [9.17, 15) is 9.59 Å². The molecule has 0 N–H and O–H groups in total. The lowest BCUT2D eigenvalue weighted by molar-refractivity contribution is -0.136. The van der Waals surface area contributed by atoms with Gasteiger partial charge in [-0.2, -0.15) is 0 Å². The molecule has 0 saturated heterocycles. The summed E-state index contributed by atoms with van der Waals surface area (Å²) in [7, 11) is 3.13. The van der Waals surface area contributed by atoms with Crippen molar-refractivity contribution in [3.63, 3.8) is 0 Å². The zero-order valence-corrected chi connectivity index (χ0v) is 15.1. The largest absolute Gasteiger partial charge is 0.497 e. The van der Waals surface area contributed by atoms with Crippen molar-refractivity contribution < 1.29 is 23.8 Å². The topological polar surface area (TPSA) is 65.1 Å². The fraction of sp³-hybridized carbons (Fsp3) is 0.238. The lowest BCUT2D eigenvalue weighted by Crippen LogP contribution is -2.37. The van der Waals surface area contributed by atoms with E-state index in [2.05, 4.69) is 0 Å². The van der Waals surface area contributed by atoms with Crippen molar-refractivity contribution in [2.75, 3.05) is 25.7 Å². The van der Waals surface area contributed by atoms with Gasteiger partial charge < -0.3 is 14.2 Å². The molecule has 0 aromatic heterocycles. The minimum Gasteiger partial charge on any atom is -0.497 e. The normalized spacial score (nSPS) is 19.0. The van der Waals surface area contributed by atoms with Crippen LogP contribution >= 0.6 is 0 Å². The highest BCUT2D eigenvalue weighted by Gasteiger charge is 2.43. The number of benzene rings is 2. The molecule has 2 aliphatic heterocycles. The van der Waals surface area contributed by atoms with Gasteiger partial charge in [0.25, 0.3) is 0 Å². The maximum atomic E-state index is 13.0. The third kappa shape index (κ3) is 2.83. The van der Waals surface area contributed by atoms with Gasteiger partial charge in [0, 0.05) is 29.7 Å². The Morgan fingerprint density at radius 1 is 1.04 bits per heavy atom.